The number of halogens is 1. The fourth-order valence-electron chi connectivity index (χ4n) is 1.91. The lowest BCUT2D eigenvalue weighted by Gasteiger charge is -2.12. The Hall–Kier alpha value is -3.04. The summed E-state index contributed by atoms with van der Waals surface area (Å²) in [5.74, 6) is 2.86. The molecule has 2 aromatic rings. The van der Waals surface area contributed by atoms with E-state index in [1.165, 1.54) is 18.6 Å². The van der Waals surface area contributed by atoms with Crippen molar-refractivity contribution >= 4 is 23.7 Å². The van der Waals surface area contributed by atoms with E-state index in [1.807, 2.05) is 6.92 Å². The van der Waals surface area contributed by atoms with E-state index in [0.29, 0.717) is 34.3 Å². The maximum atomic E-state index is 11.9. The summed E-state index contributed by atoms with van der Waals surface area (Å²) in [4.78, 5) is 15.8. The number of carbonyl (C=O) groups excluding carboxylic acids is 1. The lowest BCUT2D eigenvalue weighted by molar-refractivity contribution is 0.0955. The molecule has 1 aromatic carbocycles. The minimum atomic E-state index is -0.344. The Bertz CT molecular complexity index is 801. The van der Waals surface area contributed by atoms with E-state index in [-0.39, 0.29) is 12.5 Å². The molecule has 0 bridgehead atoms. The number of hydrogen-bond acceptors (Lipinski definition) is 5. The molecule has 0 aliphatic rings. The van der Waals surface area contributed by atoms with Crippen LogP contribution in [0.1, 0.15) is 22.8 Å². The molecule has 0 fully saturated rings. The van der Waals surface area contributed by atoms with Crippen LogP contribution in [0.15, 0.2) is 41.8 Å². The first-order chi connectivity index (χ1) is 12.2. The van der Waals surface area contributed by atoms with Crippen molar-refractivity contribution in [2.75, 3.05) is 13.2 Å². The van der Waals surface area contributed by atoms with Gasteiger partial charge in [-0.3, -0.25) is 9.78 Å². The number of rotatable bonds is 7. The summed E-state index contributed by atoms with van der Waals surface area (Å²) in [6.07, 6.45) is 9.71. The SMILES string of the molecule is C#CCOc1c(Cl)cc(/C=N/NC(=O)c2ccncc2)cc1OCC. The second-order valence-electron chi connectivity index (χ2n) is 4.69. The summed E-state index contributed by atoms with van der Waals surface area (Å²) in [6, 6.07) is 6.51. The Labute approximate surface area is 150 Å². The second kappa shape index (κ2) is 9.30. The molecule has 0 aliphatic heterocycles. The molecule has 0 atom stereocenters. The van der Waals surface area contributed by atoms with Crippen LogP contribution in [0.3, 0.4) is 0 Å². The normalized spacial score (nSPS) is 10.3. The number of nitrogens with one attached hydrogen (secondary N) is 1. The van der Waals surface area contributed by atoms with Gasteiger partial charge in [-0.05, 0) is 36.8 Å². The van der Waals surface area contributed by atoms with Crippen LogP contribution in [0, 0.1) is 12.3 Å². The predicted molar refractivity (Wildman–Crippen MR) is 96.2 cm³/mol. The maximum Gasteiger partial charge on any atom is 0.271 e. The highest BCUT2D eigenvalue weighted by Gasteiger charge is 2.12. The van der Waals surface area contributed by atoms with Gasteiger partial charge in [0.1, 0.15) is 6.61 Å². The summed E-state index contributed by atoms with van der Waals surface area (Å²) >= 11 is 6.21. The van der Waals surface area contributed by atoms with Crippen LogP contribution in [0.4, 0.5) is 0 Å². The summed E-state index contributed by atoms with van der Waals surface area (Å²) < 4.78 is 10.9. The molecule has 0 spiro atoms. The second-order valence-corrected chi connectivity index (χ2v) is 5.10. The summed E-state index contributed by atoms with van der Waals surface area (Å²) in [6.45, 7) is 2.35. The molecule has 0 saturated heterocycles. The van der Waals surface area contributed by atoms with Gasteiger partial charge in [-0.15, -0.1) is 6.42 Å². The Morgan fingerprint density at radius 1 is 1.40 bits per heavy atom. The quantitative estimate of drug-likeness (QED) is 0.470. The maximum absolute atomic E-state index is 11.9. The molecule has 1 amide bonds. The summed E-state index contributed by atoms with van der Waals surface area (Å²) in [5, 5.41) is 4.26. The Morgan fingerprint density at radius 2 is 2.16 bits per heavy atom. The van der Waals surface area contributed by atoms with Crippen molar-refractivity contribution < 1.29 is 14.3 Å². The standard InChI is InChI=1S/C18H16ClN3O3/c1-3-9-25-17-15(19)10-13(11-16(17)24-4-2)12-21-22-18(23)14-5-7-20-8-6-14/h1,5-8,10-12H,4,9H2,2H3,(H,22,23)/b21-12+. The minimum Gasteiger partial charge on any atom is -0.490 e. The van der Waals surface area contributed by atoms with Crippen LogP contribution in [0.5, 0.6) is 11.5 Å². The molecule has 1 aromatic heterocycles. The van der Waals surface area contributed by atoms with E-state index in [2.05, 4.69) is 21.4 Å². The molecule has 0 unspecified atom stereocenters. The average Bonchev–Trinajstić information content (AvgIpc) is 2.62. The average molecular weight is 358 g/mol. The fraction of sp³-hybridized carbons (Fsp3) is 0.167. The van der Waals surface area contributed by atoms with Crippen LogP contribution in [-0.4, -0.2) is 30.3 Å². The molecule has 0 aliphatic carbocycles. The largest absolute Gasteiger partial charge is 0.490 e. The highest BCUT2D eigenvalue weighted by molar-refractivity contribution is 6.32. The van der Waals surface area contributed by atoms with E-state index in [9.17, 15) is 4.79 Å². The molecule has 1 N–H and O–H groups in total. The van der Waals surface area contributed by atoms with Crippen molar-refractivity contribution in [3.63, 3.8) is 0 Å². The third kappa shape index (κ3) is 5.23. The number of aromatic nitrogens is 1. The lowest BCUT2D eigenvalue weighted by atomic mass is 10.2. The third-order valence-electron chi connectivity index (χ3n) is 2.95. The van der Waals surface area contributed by atoms with Crippen LogP contribution < -0.4 is 14.9 Å². The number of carbonyl (C=O) groups is 1. The molecule has 2 rings (SSSR count). The van der Waals surface area contributed by atoms with Gasteiger partial charge in [0.05, 0.1) is 17.8 Å². The lowest BCUT2D eigenvalue weighted by Crippen LogP contribution is -2.17. The molecular weight excluding hydrogens is 342 g/mol. The van der Waals surface area contributed by atoms with E-state index in [1.54, 1.807) is 24.3 Å². The minimum absolute atomic E-state index is 0.0786. The van der Waals surface area contributed by atoms with Crippen molar-refractivity contribution in [3.8, 4) is 23.8 Å². The zero-order chi connectivity index (χ0) is 18.1. The number of ether oxygens (including phenoxy) is 2. The van der Waals surface area contributed by atoms with E-state index in [4.69, 9.17) is 27.5 Å². The molecular formula is C18H16ClN3O3. The number of benzene rings is 1. The van der Waals surface area contributed by atoms with Crippen molar-refractivity contribution in [1.82, 2.24) is 10.4 Å². The number of hydrogen-bond donors (Lipinski definition) is 1. The molecule has 128 valence electrons. The molecule has 25 heavy (non-hydrogen) atoms. The fourth-order valence-corrected chi connectivity index (χ4v) is 2.19. The van der Waals surface area contributed by atoms with Crippen LogP contribution in [0.25, 0.3) is 0 Å². The van der Waals surface area contributed by atoms with E-state index < -0.39 is 0 Å². The van der Waals surface area contributed by atoms with Crippen molar-refractivity contribution in [3.05, 3.63) is 52.8 Å². The summed E-state index contributed by atoms with van der Waals surface area (Å²) in [7, 11) is 0. The van der Waals surface area contributed by atoms with Crippen LogP contribution >= 0.6 is 11.6 Å². The Morgan fingerprint density at radius 3 is 2.84 bits per heavy atom. The third-order valence-corrected chi connectivity index (χ3v) is 3.23. The van der Waals surface area contributed by atoms with Gasteiger partial charge < -0.3 is 9.47 Å². The number of amides is 1. The number of nitrogens with zero attached hydrogens (tertiary/aromatic N) is 2. The number of hydrazone groups is 1. The van der Waals surface area contributed by atoms with Crippen LogP contribution in [0.2, 0.25) is 5.02 Å². The zero-order valence-electron chi connectivity index (χ0n) is 13.5. The van der Waals surface area contributed by atoms with Gasteiger partial charge in [0, 0.05) is 18.0 Å². The molecule has 6 nitrogen and oxygen atoms in total. The molecule has 7 heteroatoms. The van der Waals surface area contributed by atoms with Gasteiger partial charge in [-0.2, -0.15) is 5.10 Å². The van der Waals surface area contributed by atoms with Gasteiger partial charge in [0.25, 0.3) is 5.91 Å². The molecule has 1 heterocycles. The number of terminal acetylenes is 1. The highest BCUT2D eigenvalue weighted by atomic mass is 35.5. The first-order valence-corrected chi connectivity index (χ1v) is 7.79. The Kier molecular flexibility index (Phi) is 6.81. The van der Waals surface area contributed by atoms with E-state index in [0.717, 1.165) is 0 Å². The topological polar surface area (TPSA) is 72.8 Å². The molecule has 0 radical (unpaired) electrons. The Balaban J connectivity index is 2.13. The monoisotopic (exact) mass is 357 g/mol. The highest BCUT2D eigenvalue weighted by Crippen LogP contribution is 2.36. The van der Waals surface area contributed by atoms with Gasteiger partial charge in [-0.1, -0.05) is 17.5 Å². The van der Waals surface area contributed by atoms with Gasteiger partial charge in [-0.25, -0.2) is 5.43 Å². The first-order valence-electron chi connectivity index (χ1n) is 7.41. The van der Waals surface area contributed by atoms with Gasteiger partial charge in [0.2, 0.25) is 0 Å². The van der Waals surface area contributed by atoms with Gasteiger partial charge >= 0.3 is 0 Å². The van der Waals surface area contributed by atoms with E-state index >= 15 is 0 Å². The smallest absolute Gasteiger partial charge is 0.271 e. The van der Waals surface area contributed by atoms with Crippen LogP contribution in [-0.2, 0) is 0 Å². The first kappa shape index (κ1) is 18.3. The van der Waals surface area contributed by atoms with Crippen molar-refractivity contribution in [1.29, 1.82) is 0 Å². The number of pyridine rings is 1. The summed E-state index contributed by atoms with van der Waals surface area (Å²) in [5.41, 5.74) is 3.52. The van der Waals surface area contributed by atoms with Gasteiger partial charge in [0.15, 0.2) is 11.5 Å². The zero-order valence-corrected chi connectivity index (χ0v) is 14.3. The van der Waals surface area contributed by atoms with Crippen molar-refractivity contribution in [2.24, 2.45) is 5.10 Å². The van der Waals surface area contributed by atoms with Crippen molar-refractivity contribution in [2.45, 2.75) is 6.92 Å². The predicted octanol–water partition coefficient (Wildman–Crippen LogP) is 2.91. The molecule has 0 saturated carbocycles.